The van der Waals surface area contributed by atoms with E-state index in [0.29, 0.717) is 12.3 Å². The lowest BCUT2D eigenvalue weighted by Crippen LogP contribution is -2.53. The smallest absolute Gasteiger partial charge is 0.411 e. The van der Waals surface area contributed by atoms with E-state index < -0.39 is 17.2 Å². The fraction of sp³-hybridized carbons (Fsp3) is 0.889. The third-order valence-electron chi connectivity index (χ3n) is 5.31. The van der Waals surface area contributed by atoms with E-state index in [1.54, 1.807) is 4.90 Å². The second-order valence-corrected chi connectivity index (χ2v) is 9.00. The number of nitrogens with zero attached hydrogens (tertiary/aromatic N) is 1. The van der Waals surface area contributed by atoms with Gasteiger partial charge >= 0.3 is 6.09 Å². The Bertz CT molecular complexity index is 526. The molecule has 0 aromatic rings. The van der Waals surface area contributed by atoms with Gasteiger partial charge in [0.2, 0.25) is 5.91 Å². The molecule has 5 atom stereocenters. The minimum absolute atomic E-state index is 0.0151. The minimum Gasteiger partial charge on any atom is -0.444 e. The van der Waals surface area contributed by atoms with Gasteiger partial charge in [-0.3, -0.25) is 9.69 Å². The lowest BCUT2D eigenvalue weighted by atomic mass is 9.83. The monoisotopic (exact) mass is 338 g/mol. The minimum atomic E-state index is -0.709. The molecule has 1 aliphatic heterocycles. The van der Waals surface area contributed by atoms with E-state index in [0.717, 1.165) is 32.1 Å². The van der Waals surface area contributed by atoms with Crippen LogP contribution in [0.1, 0.15) is 66.2 Å². The zero-order chi connectivity index (χ0) is 17.7. The normalized spacial score (nSPS) is 38.5. The number of carbonyl (C=O) groups excluding carboxylic acids is 2. The molecule has 5 unspecified atom stereocenters. The van der Waals surface area contributed by atoms with Crippen LogP contribution in [0.15, 0.2) is 0 Å². The second kappa shape index (κ2) is 5.90. The van der Waals surface area contributed by atoms with Gasteiger partial charge in [0.25, 0.3) is 0 Å². The summed E-state index contributed by atoms with van der Waals surface area (Å²) in [4.78, 5) is 26.9. The molecule has 2 aliphatic carbocycles. The molecular weight excluding hydrogens is 308 g/mol. The molecule has 0 bridgehead atoms. The van der Waals surface area contributed by atoms with Gasteiger partial charge in [-0.1, -0.05) is 0 Å². The molecule has 3 rings (SSSR count). The maximum absolute atomic E-state index is 12.7. The van der Waals surface area contributed by atoms with Gasteiger partial charge in [-0.15, -0.1) is 0 Å². The fourth-order valence-electron chi connectivity index (χ4n) is 4.15. The van der Waals surface area contributed by atoms with Crippen LogP contribution < -0.4 is 5.32 Å². The number of hydrogen-bond acceptors (Lipinski definition) is 4. The summed E-state index contributed by atoms with van der Waals surface area (Å²) < 4.78 is 5.49. The molecule has 2 saturated carbocycles. The van der Waals surface area contributed by atoms with Crippen molar-refractivity contribution in [2.75, 3.05) is 0 Å². The molecule has 136 valence electrons. The van der Waals surface area contributed by atoms with Gasteiger partial charge in [-0.25, -0.2) is 4.79 Å². The maximum atomic E-state index is 12.7. The first-order valence-corrected chi connectivity index (χ1v) is 9.10. The molecule has 0 radical (unpaired) electrons. The number of piperidine rings is 1. The van der Waals surface area contributed by atoms with E-state index >= 15 is 0 Å². The van der Waals surface area contributed by atoms with Crippen molar-refractivity contribution in [2.24, 2.45) is 5.92 Å². The number of fused-ring (bicyclic) bond motifs is 1. The van der Waals surface area contributed by atoms with Crippen LogP contribution in [-0.4, -0.2) is 51.3 Å². The molecule has 0 aromatic carbocycles. The molecule has 3 aliphatic rings. The summed E-state index contributed by atoms with van der Waals surface area (Å²) in [7, 11) is 0. The van der Waals surface area contributed by atoms with Crippen LogP contribution in [0.4, 0.5) is 4.79 Å². The van der Waals surface area contributed by atoms with Gasteiger partial charge in [0, 0.05) is 12.1 Å². The Balaban J connectivity index is 1.62. The first kappa shape index (κ1) is 17.5. The lowest BCUT2D eigenvalue weighted by molar-refractivity contribution is -0.127. The van der Waals surface area contributed by atoms with E-state index in [-0.39, 0.29) is 24.1 Å². The Kier molecular flexibility index (Phi) is 4.31. The van der Waals surface area contributed by atoms with Crippen LogP contribution >= 0.6 is 0 Å². The van der Waals surface area contributed by atoms with Crippen molar-refractivity contribution in [1.29, 1.82) is 0 Å². The number of ether oxygens (including phenoxy) is 1. The predicted molar refractivity (Wildman–Crippen MR) is 89.4 cm³/mol. The molecule has 2 N–H and O–H groups in total. The summed E-state index contributed by atoms with van der Waals surface area (Å²) in [5.41, 5.74) is -1.27. The van der Waals surface area contributed by atoms with E-state index in [4.69, 9.17) is 4.74 Å². The number of likely N-dealkylation sites (tertiary alicyclic amines) is 1. The van der Waals surface area contributed by atoms with Crippen molar-refractivity contribution in [3.05, 3.63) is 0 Å². The highest BCUT2D eigenvalue weighted by molar-refractivity contribution is 5.87. The standard InChI is InChI=1S/C18H30N2O4/c1-17(2,3)24-16(22)20-13-8-11(13)9-14(20)15(21)19-12-6-5-7-18(4,23)10-12/h11-14,23H,5-10H2,1-4H3,(H,19,21). The van der Waals surface area contributed by atoms with Crippen LogP contribution in [-0.2, 0) is 9.53 Å². The summed E-state index contributed by atoms with van der Waals surface area (Å²) in [6, 6.07) is -0.292. The van der Waals surface area contributed by atoms with Crippen molar-refractivity contribution in [2.45, 2.75) is 95.5 Å². The number of hydrogen-bond donors (Lipinski definition) is 2. The van der Waals surface area contributed by atoms with Gasteiger partial charge in [0.15, 0.2) is 0 Å². The zero-order valence-electron chi connectivity index (χ0n) is 15.2. The van der Waals surface area contributed by atoms with Crippen LogP contribution in [0, 0.1) is 5.92 Å². The largest absolute Gasteiger partial charge is 0.444 e. The molecule has 24 heavy (non-hydrogen) atoms. The molecule has 3 fully saturated rings. The third-order valence-corrected chi connectivity index (χ3v) is 5.31. The fourth-order valence-corrected chi connectivity index (χ4v) is 4.15. The van der Waals surface area contributed by atoms with E-state index in [2.05, 4.69) is 5.32 Å². The van der Waals surface area contributed by atoms with Crippen molar-refractivity contribution >= 4 is 12.0 Å². The van der Waals surface area contributed by atoms with Gasteiger partial charge in [-0.2, -0.15) is 0 Å². The highest BCUT2D eigenvalue weighted by Gasteiger charge is 2.57. The van der Waals surface area contributed by atoms with E-state index in [1.165, 1.54) is 0 Å². The van der Waals surface area contributed by atoms with Gasteiger partial charge in [0.05, 0.1) is 5.60 Å². The number of carbonyl (C=O) groups is 2. The summed E-state index contributed by atoms with van der Waals surface area (Å²) in [5.74, 6) is 0.332. The average molecular weight is 338 g/mol. The Morgan fingerprint density at radius 1 is 1.29 bits per heavy atom. The summed E-state index contributed by atoms with van der Waals surface area (Å²) in [6.45, 7) is 7.34. The molecule has 1 saturated heterocycles. The summed E-state index contributed by atoms with van der Waals surface area (Å²) in [6.07, 6.45) is 4.45. The van der Waals surface area contributed by atoms with Gasteiger partial charge < -0.3 is 15.2 Å². The quantitative estimate of drug-likeness (QED) is 0.809. The van der Waals surface area contributed by atoms with Gasteiger partial charge in [0.1, 0.15) is 11.6 Å². The third kappa shape index (κ3) is 3.85. The van der Waals surface area contributed by atoms with Crippen molar-refractivity contribution < 1.29 is 19.4 Å². The Morgan fingerprint density at radius 3 is 2.62 bits per heavy atom. The molecule has 6 heteroatoms. The summed E-state index contributed by atoms with van der Waals surface area (Å²) in [5, 5.41) is 13.3. The maximum Gasteiger partial charge on any atom is 0.411 e. The molecule has 1 heterocycles. The number of amides is 2. The molecule has 2 amide bonds. The highest BCUT2D eigenvalue weighted by atomic mass is 16.6. The van der Waals surface area contributed by atoms with E-state index in [1.807, 2.05) is 27.7 Å². The van der Waals surface area contributed by atoms with E-state index in [9.17, 15) is 14.7 Å². The Hall–Kier alpha value is -1.30. The first-order valence-electron chi connectivity index (χ1n) is 9.10. The van der Waals surface area contributed by atoms with Crippen LogP contribution in [0.2, 0.25) is 0 Å². The number of nitrogens with one attached hydrogen (secondary N) is 1. The van der Waals surface area contributed by atoms with Crippen LogP contribution in [0.5, 0.6) is 0 Å². The molecule has 0 spiro atoms. The Labute approximate surface area is 143 Å². The topological polar surface area (TPSA) is 78.9 Å². The van der Waals surface area contributed by atoms with Gasteiger partial charge in [-0.05, 0) is 72.1 Å². The van der Waals surface area contributed by atoms with Crippen LogP contribution in [0.3, 0.4) is 0 Å². The number of aliphatic hydroxyl groups is 1. The highest BCUT2D eigenvalue weighted by Crippen LogP contribution is 2.48. The SMILES string of the molecule is CC1(O)CCCC(NC(=O)C2CC3CC3N2C(=O)OC(C)(C)C)C1. The van der Waals surface area contributed by atoms with Crippen LogP contribution in [0.25, 0.3) is 0 Å². The average Bonchev–Trinajstić information content (AvgIpc) is 3.05. The first-order chi connectivity index (χ1) is 11.1. The second-order valence-electron chi connectivity index (χ2n) is 9.00. The van der Waals surface area contributed by atoms with Crippen molar-refractivity contribution in [3.8, 4) is 0 Å². The molecule has 6 nitrogen and oxygen atoms in total. The zero-order valence-corrected chi connectivity index (χ0v) is 15.2. The lowest BCUT2D eigenvalue weighted by Gasteiger charge is -2.36. The predicted octanol–water partition coefficient (Wildman–Crippen LogP) is 2.19. The molecule has 0 aromatic heterocycles. The summed E-state index contributed by atoms with van der Waals surface area (Å²) >= 11 is 0. The van der Waals surface area contributed by atoms with Crippen molar-refractivity contribution in [1.82, 2.24) is 10.2 Å². The number of rotatable bonds is 2. The Morgan fingerprint density at radius 2 is 2.00 bits per heavy atom. The molecular formula is C18H30N2O4. The van der Waals surface area contributed by atoms with Crippen molar-refractivity contribution in [3.63, 3.8) is 0 Å².